The third-order valence-corrected chi connectivity index (χ3v) is 4.81. The first-order valence-corrected chi connectivity index (χ1v) is 7.35. The van der Waals surface area contributed by atoms with E-state index in [0.29, 0.717) is 0 Å². The predicted molar refractivity (Wildman–Crippen MR) is 63.0 cm³/mol. The summed E-state index contributed by atoms with van der Waals surface area (Å²) < 4.78 is 23.0. The van der Waals surface area contributed by atoms with Gasteiger partial charge in [-0.3, -0.25) is 4.79 Å². The fourth-order valence-electron chi connectivity index (χ4n) is 1.59. The van der Waals surface area contributed by atoms with E-state index in [1.807, 2.05) is 0 Å². The van der Waals surface area contributed by atoms with Crippen molar-refractivity contribution in [3.05, 3.63) is 0 Å². The number of carbonyl (C=O) groups is 1. The quantitative estimate of drug-likeness (QED) is 0.715. The molecule has 0 unspecified atom stereocenters. The van der Waals surface area contributed by atoms with Gasteiger partial charge < -0.3 is 10.6 Å². The molecule has 94 valence electrons. The lowest BCUT2D eigenvalue weighted by molar-refractivity contribution is -0.119. The Balaban J connectivity index is 2.41. The summed E-state index contributed by atoms with van der Waals surface area (Å²) in [4.78, 5) is 11.5. The summed E-state index contributed by atoms with van der Waals surface area (Å²) in [5, 5.41) is 5.41. The molecule has 1 atom stereocenters. The summed E-state index contributed by atoms with van der Waals surface area (Å²) in [6.07, 6.45) is 1.93. The molecular formula is C10H20N2O3S. The van der Waals surface area contributed by atoms with Crippen molar-refractivity contribution < 1.29 is 13.2 Å². The third kappa shape index (κ3) is 4.09. The molecule has 2 N–H and O–H groups in total. The van der Waals surface area contributed by atoms with Gasteiger partial charge in [0, 0.05) is 12.6 Å². The van der Waals surface area contributed by atoms with Gasteiger partial charge in [0.05, 0.1) is 5.25 Å². The second-order valence-electron chi connectivity index (χ2n) is 4.47. The van der Waals surface area contributed by atoms with Crippen molar-refractivity contribution in [3.8, 4) is 0 Å². The lowest BCUT2D eigenvalue weighted by Gasteiger charge is -2.23. The summed E-state index contributed by atoms with van der Waals surface area (Å²) in [5.41, 5.74) is 0. The number of sulfone groups is 1. The van der Waals surface area contributed by atoms with Crippen LogP contribution in [-0.4, -0.2) is 44.5 Å². The highest BCUT2D eigenvalue weighted by Gasteiger charge is 2.22. The maximum atomic E-state index is 11.5. The molecule has 1 heterocycles. The van der Waals surface area contributed by atoms with Crippen molar-refractivity contribution in [2.75, 3.05) is 18.8 Å². The molecule has 0 spiro atoms. The van der Waals surface area contributed by atoms with Crippen molar-refractivity contribution in [3.63, 3.8) is 0 Å². The Bertz CT molecular complexity index is 332. The van der Waals surface area contributed by atoms with Crippen LogP contribution in [0.1, 0.15) is 26.7 Å². The monoisotopic (exact) mass is 248 g/mol. The summed E-state index contributed by atoms with van der Waals surface area (Å²) in [6.45, 7) is 4.87. The van der Waals surface area contributed by atoms with Gasteiger partial charge in [0.2, 0.25) is 5.91 Å². The molecule has 1 amide bonds. The highest BCUT2D eigenvalue weighted by Crippen LogP contribution is 2.03. The Labute approximate surface area is 96.9 Å². The molecule has 0 aromatic heterocycles. The number of amides is 1. The maximum absolute atomic E-state index is 11.5. The fourth-order valence-corrected chi connectivity index (χ4v) is 2.38. The van der Waals surface area contributed by atoms with E-state index < -0.39 is 20.8 Å². The van der Waals surface area contributed by atoms with Gasteiger partial charge in [-0.25, -0.2) is 8.42 Å². The number of carbonyl (C=O) groups excluding carboxylic acids is 1. The zero-order valence-corrected chi connectivity index (χ0v) is 10.6. The van der Waals surface area contributed by atoms with Crippen LogP contribution in [0.5, 0.6) is 0 Å². The molecule has 0 aromatic carbocycles. The minimum atomic E-state index is -3.28. The van der Waals surface area contributed by atoms with Crippen molar-refractivity contribution in [2.24, 2.45) is 0 Å². The van der Waals surface area contributed by atoms with Gasteiger partial charge in [0.15, 0.2) is 9.84 Å². The van der Waals surface area contributed by atoms with E-state index in [9.17, 15) is 13.2 Å². The SMILES string of the molecule is CC(C)S(=O)(=O)CC(=O)N[C@H]1CCCNC1. The molecule has 0 saturated carbocycles. The molecular weight excluding hydrogens is 228 g/mol. The van der Waals surface area contributed by atoms with Crippen LogP contribution in [-0.2, 0) is 14.6 Å². The Hall–Kier alpha value is -0.620. The Morgan fingerprint density at radius 2 is 2.19 bits per heavy atom. The van der Waals surface area contributed by atoms with Crippen LogP contribution in [0.3, 0.4) is 0 Å². The second-order valence-corrected chi connectivity index (χ2v) is 7.02. The normalized spacial score (nSPS) is 22.1. The van der Waals surface area contributed by atoms with E-state index in [0.717, 1.165) is 25.9 Å². The molecule has 1 rings (SSSR count). The topological polar surface area (TPSA) is 75.3 Å². The minimum absolute atomic E-state index is 0.0728. The second kappa shape index (κ2) is 5.63. The number of hydrogen-bond donors (Lipinski definition) is 2. The van der Waals surface area contributed by atoms with E-state index in [4.69, 9.17) is 0 Å². The van der Waals surface area contributed by atoms with Gasteiger partial charge in [-0.15, -0.1) is 0 Å². The third-order valence-electron chi connectivity index (χ3n) is 2.71. The van der Waals surface area contributed by atoms with Crippen molar-refractivity contribution in [2.45, 2.75) is 38.0 Å². The molecule has 1 aliphatic rings. The van der Waals surface area contributed by atoms with Crippen molar-refractivity contribution in [1.29, 1.82) is 0 Å². The summed E-state index contributed by atoms with van der Waals surface area (Å²) >= 11 is 0. The molecule has 1 fully saturated rings. The summed E-state index contributed by atoms with van der Waals surface area (Å²) in [5.74, 6) is -0.788. The molecule has 0 aromatic rings. The first-order valence-electron chi connectivity index (χ1n) is 5.63. The van der Waals surface area contributed by atoms with Gasteiger partial charge in [-0.05, 0) is 33.2 Å². The van der Waals surface area contributed by atoms with E-state index in [-0.39, 0.29) is 11.9 Å². The molecule has 1 saturated heterocycles. The van der Waals surface area contributed by atoms with Crippen LogP contribution in [0.25, 0.3) is 0 Å². The lowest BCUT2D eigenvalue weighted by atomic mass is 10.1. The first kappa shape index (κ1) is 13.4. The Morgan fingerprint density at radius 3 is 2.69 bits per heavy atom. The lowest BCUT2D eigenvalue weighted by Crippen LogP contribution is -2.47. The highest BCUT2D eigenvalue weighted by molar-refractivity contribution is 7.92. The number of piperidine rings is 1. The van der Waals surface area contributed by atoms with Gasteiger partial charge in [0.1, 0.15) is 5.75 Å². The average Bonchev–Trinajstić information content (AvgIpc) is 2.17. The minimum Gasteiger partial charge on any atom is -0.351 e. The van der Waals surface area contributed by atoms with Crippen LogP contribution in [0, 0.1) is 0 Å². The molecule has 6 heteroatoms. The first-order chi connectivity index (χ1) is 7.42. The van der Waals surface area contributed by atoms with Crippen molar-refractivity contribution >= 4 is 15.7 Å². The molecule has 0 bridgehead atoms. The standard InChI is InChI=1S/C10H20N2O3S/c1-8(2)16(14,15)7-10(13)12-9-4-3-5-11-6-9/h8-9,11H,3-7H2,1-2H3,(H,12,13)/t9-/m0/s1. The smallest absolute Gasteiger partial charge is 0.235 e. The highest BCUT2D eigenvalue weighted by atomic mass is 32.2. The van der Waals surface area contributed by atoms with Gasteiger partial charge >= 0.3 is 0 Å². The van der Waals surface area contributed by atoms with Gasteiger partial charge in [-0.2, -0.15) is 0 Å². The number of nitrogens with one attached hydrogen (secondary N) is 2. The molecule has 5 nitrogen and oxygen atoms in total. The van der Waals surface area contributed by atoms with Crippen LogP contribution in [0.15, 0.2) is 0 Å². The molecule has 0 aliphatic carbocycles. The number of rotatable bonds is 4. The molecule has 1 aliphatic heterocycles. The van der Waals surface area contributed by atoms with Crippen molar-refractivity contribution in [1.82, 2.24) is 10.6 Å². The van der Waals surface area contributed by atoms with Crippen LogP contribution in [0.2, 0.25) is 0 Å². The van der Waals surface area contributed by atoms with E-state index in [1.165, 1.54) is 0 Å². The van der Waals surface area contributed by atoms with E-state index >= 15 is 0 Å². The molecule has 0 radical (unpaired) electrons. The largest absolute Gasteiger partial charge is 0.351 e. The van der Waals surface area contributed by atoms with Gasteiger partial charge in [0.25, 0.3) is 0 Å². The number of hydrogen-bond acceptors (Lipinski definition) is 4. The predicted octanol–water partition coefficient (Wildman–Crippen LogP) is -0.322. The molecule has 16 heavy (non-hydrogen) atoms. The maximum Gasteiger partial charge on any atom is 0.235 e. The summed E-state index contributed by atoms with van der Waals surface area (Å²) in [7, 11) is -3.28. The van der Waals surface area contributed by atoms with Gasteiger partial charge in [-0.1, -0.05) is 0 Å². The van der Waals surface area contributed by atoms with E-state index in [1.54, 1.807) is 13.8 Å². The zero-order chi connectivity index (χ0) is 12.2. The summed E-state index contributed by atoms with van der Waals surface area (Å²) in [6, 6.07) is 0.0728. The average molecular weight is 248 g/mol. The Morgan fingerprint density at radius 1 is 1.50 bits per heavy atom. The van der Waals surface area contributed by atoms with E-state index in [2.05, 4.69) is 10.6 Å². The van der Waals surface area contributed by atoms with Crippen LogP contribution < -0.4 is 10.6 Å². The zero-order valence-electron chi connectivity index (χ0n) is 9.82. The fraction of sp³-hybridized carbons (Fsp3) is 0.900. The van der Waals surface area contributed by atoms with Crippen LogP contribution >= 0.6 is 0 Å². The van der Waals surface area contributed by atoms with Crippen LogP contribution in [0.4, 0.5) is 0 Å². The Kier molecular flexibility index (Phi) is 4.73.